The number of nitrogens with one attached hydrogen (secondary N) is 1. The topological polar surface area (TPSA) is 32.3 Å². The van der Waals surface area contributed by atoms with Crippen LogP contribution in [0.4, 0.5) is 5.69 Å². The fraction of sp³-hybridized carbons (Fsp3) is 0.278. The third kappa shape index (κ3) is 2.98. The third-order valence-electron chi connectivity index (χ3n) is 4.01. The van der Waals surface area contributed by atoms with Crippen molar-refractivity contribution in [2.75, 3.05) is 18.0 Å². The molecule has 0 radical (unpaired) electrons. The highest BCUT2D eigenvalue weighted by atomic mass is 16.2. The monoisotopic (exact) mass is 280 g/mol. The van der Waals surface area contributed by atoms with E-state index in [2.05, 4.69) is 24.4 Å². The maximum atomic E-state index is 12.7. The van der Waals surface area contributed by atoms with Gasteiger partial charge in [-0.1, -0.05) is 42.5 Å². The molecular weight excluding hydrogens is 260 g/mol. The van der Waals surface area contributed by atoms with Gasteiger partial charge in [0.25, 0.3) is 0 Å². The van der Waals surface area contributed by atoms with Crippen LogP contribution in [0.1, 0.15) is 16.7 Å². The molecule has 0 aromatic heterocycles. The number of benzene rings is 2. The molecule has 21 heavy (non-hydrogen) atoms. The minimum Gasteiger partial charge on any atom is -0.311 e. The Kier molecular flexibility index (Phi) is 4.02. The molecular formula is C18H20N2O. The molecule has 0 atom stereocenters. The first-order valence-corrected chi connectivity index (χ1v) is 7.39. The van der Waals surface area contributed by atoms with Gasteiger partial charge in [-0.3, -0.25) is 4.79 Å². The highest BCUT2D eigenvalue weighted by molar-refractivity contribution is 5.95. The molecule has 0 bridgehead atoms. The van der Waals surface area contributed by atoms with E-state index in [0.717, 1.165) is 30.9 Å². The number of fused-ring (bicyclic) bond motifs is 1. The average Bonchev–Trinajstić information content (AvgIpc) is 2.72. The summed E-state index contributed by atoms with van der Waals surface area (Å²) in [6, 6.07) is 16.2. The third-order valence-corrected chi connectivity index (χ3v) is 4.01. The number of hydrogen-bond acceptors (Lipinski definition) is 2. The second kappa shape index (κ2) is 6.10. The molecule has 0 aliphatic carbocycles. The molecule has 1 heterocycles. The van der Waals surface area contributed by atoms with Crippen molar-refractivity contribution < 1.29 is 4.79 Å². The van der Waals surface area contributed by atoms with Crippen LogP contribution in [0, 0.1) is 6.92 Å². The van der Waals surface area contributed by atoms with Gasteiger partial charge in [-0.05, 0) is 29.7 Å². The van der Waals surface area contributed by atoms with Crippen molar-refractivity contribution in [2.24, 2.45) is 0 Å². The van der Waals surface area contributed by atoms with E-state index in [1.807, 2.05) is 41.3 Å². The van der Waals surface area contributed by atoms with Crippen LogP contribution in [0.2, 0.25) is 0 Å². The molecule has 0 spiro atoms. The van der Waals surface area contributed by atoms with Crippen LogP contribution in [0.15, 0.2) is 48.5 Å². The molecule has 1 aliphatic heterocycles. The number of anilines is 1. The first-order valence-electron chi connectivity index (χ1n) is 7.39. The van der Waals surface area contributed by atoms with Crippen LogP contribution < -0.4 is 10.2 Å². The summed E-state index contributed by atoms with van der Waals surface area (Å²) in [5.41, 5.74) is 4.51. The van der Waals surface area contributed by atoms with E-state index in [4.69, 9.17) is 0 Å². The minimum atomic E-state index is 0.167. The first-order chi connectivity index (χ1) is 10.3. The second-order valence-corrected chi connectivity index (χ2v) is 5.45. The lowest BCUT2D eigenvalue weighted by Crippen LogP contribution is -2.35. The van der Waals surface area contributed by atoms with E-state index < -0.39 is 0 Å². The van der Waals surface area contributed by atoms with E-state index in [-0.39, 0.29) is 5.91 Å². The molecule has 2 aromatic carbocycles. The Hall–Kier alpha value is -2.13. The highest BCUT2D eigenvalue weighted by Crippen LogP contribution is 2.23. The van der Waals surface area contributed by atoms with E-state index in [1.54, 1.807) is 0 Å². The van der Waals surface area contributed by atoms with Crippen molar-refractivity contribution in [3.63, 3.8) is 0 Å². The van der Waals surface area contributed by atoms with Gasteiger partial charge >= 0.3 is 0 Å². The van der Waals surface area contributed by atoms with Gasteiger partial charge in [0.2, 0.25) is 5.91 Å². The number of nitrogens with zero attached hydrogens (tertiary/aromatic N) is 1. The number of aryl methyl sites for hydroxylation is 1. The summed E-state index contributed by atoms with van der Waals surface area (Å²) in [6.45, 7) is 4.43. The van der Waals surface area contributed by atoms with Crippen molar-refractivity contribution in [1.82, 2.24) is 5.32 Å². The number of para-hydroxylation sites is 1. The highest BCUT2D eigenvalue weighted by Gasteiger charge is 2.20. The summed E-state index contributed by atoms with van der Waals surface area (Å²) in [7, 11) is 0. The number of hydrogen-bond donors (Lipinski definition) is 1. The SMILES string of the molecule is Cc1ccccc1CC(=O)N1CCNCc2ccccc21. The van der Waals surface area contributed by atoms with Crippen LogP contribution in [-0.4, -0.2) is 19.0 Å². The Morgan fingerprint density at radius 3 is 2.76 bits per heavy atom. The fourth-order valence-corrected chi connectivity index (χ4v) is 2.78. The van der Waals surface area contributed by atoms with Gasteiger partial charge in [0.1, 0.15) is 0 Å². The van der Waals surface area contributed by atoms with Gasteiger partial charge < -0.3 is 10.2 Å². The summed E-state index contributed by atoms with van der Waals surface area (Å²) in [5, 5.41) is 3.37. The summed E-state index contributed by atoms with van der Waals surface area (Å²) >= 11 is 0. The molecule has 3 heteroatoms. The fourth-order valence-electron chi connectivity index (χ4n) is 2.78. The quantitative estimate of drug-likeness (QED) is 0.917. The molecule has 0 fully saturated rings. The smallest absolute Gasteiger partial charge is 0.231 e. The molecule has 1 amide bonds. The van der Waals surface area contributed by atoms with Crippen molar-refractivity contribution in [1.29, 1.82) is 0 Å². The van der Waals surface area contributed by atoms with Gasteiger partial charge in [-0.2, -0.15) is 0 Å². The molecule has 108 valence electrons. The normalized spacial score (nSPS) is 14.4. The Labute approximate surface area is 125 Å². The van der Waals surface area contributed by atoms with Crippen LogP contribution in [0.3, 0.4) is 0 Å². The molecule has 3 rings (SSSR count). The molecule has 0 saturated heterocycles. The summed E-state index contributed by atoms with van der Waals surface area (Å²) in [5.74, 6) is 0.167. The second-order valence-electron chi connectivity index (χ2n) is 5.45. The van der Waals surface area contributed by atoms with E-state index in [9.17, 15) is 4.79 Å². The Morgan fingerprint density at radius 2 is 1.90 bits per heavy atom. The molecule has 0 saturated carbocycles. The van der Waals surface area contributed by atoms with E-state index >= 15 is 0 Å². The van der Waals surface area contributed by atoms with Crippen LogP contribution >= 0.6 is 0 Å². The number of carbonyl (C=O) groups is 1. The summed E-state index contributed by atoms with van der Waals surface area (Å²) in [6.07, 6.45) is 0.459. The first kappa shape index (κ1) is 13.8. The van der Waals surface area contributed by atoms with Crippen molar-refractivity contribution in [3.05, 3.63) is 65.2 Å². The number of rotatable bonds is 2. The molecule has 0 unspecified atom stereocenters. The Balaban J connectivity index is 1.86. The molecule has 3 nitrogen and oxygen atoms in total. The van der Waals surface area contributed by atoms with Gasteiger partial charge in [-0.15, -0.1) is 0 Å². The maximum absolute atomic E-state index is 12.7. The zero-order valence-corrected chi connectivity index (χ0v) is 12.3. The van der Waals surface area contributed by atoms with Crippen molar-refractivity contribution in [2.45, 2.75) is 19.9 Å². The Bertz CT molecular complexity index is 651. The van der Waals surface area contributed by atoms with Gasteiger partial charge in [-0.25, -0.2) is 0 Å². The zero-order chi connectivity index (χ0) is 14.7. The van der Waals surface area contributed by atoms with Crippen LogP contribution in [-0.2, 0) is 17.8 Å². The minimum absolute atomic E-state index is 0.167. The lowest BCUT2D eigenvalue weighted by Gasteiger charge is -2.23. The van der Waals surface area contributed by atoms with Crippen molar-refractivity contribution >= 4 is 11.6 Å². The summed E-state index contributed by atoms with van der Waals surface area (Å²) in [4.78, 5) is 14.7. The lowest BCUT2D eigenvalue weighted by atomic mass is 10.0. The van der Waals surface area contributed by atoms with Crippen LogP contribution in [0.5, 0.6) is 0 Å². The van der Waals surface area contributed by atoms with Crippen molar-refractivity contribution in [3.8, 4) is 0 Å². The predicted molar refractivity (Wildman–Crippen MR) is 85.4 cm³/mol. The lowest BCUT2D eigenvalue weighted by molar-refractivity contribution is -0.118. The van der Waals surface area contributed by atoms with Gasteiger partial charge in [0.15, 0.2) is 0 Å². The van der Waals surface area contributed by atoms with Crippen LogP contribution in [0.25, 0.3) is 0 Å². The summed E-state index contributed by atoms with van der Waals surface area (Å²) < 4.78 is 0. The largest absolute Gasteiger partial charge is 0.311 e. The van der Waals surface area contributed by atoms with Gasteiger partial charge in [0, 0.05) is 25.3 Å². The molecule has 1 N–H and O–H groups in total. The van der Waals surface area contributed by atoms with E-state index in [1.165, 1.54) is 11.1 Å². The molecule has 2 aromatic rings. The standard InChI is InChI=1S/C18H20N2O/c1-14-6-2-3-7-15(14)12-18(21)20-11-10-19-13-16-8-4-5-9-17(16)20/h2-9,19H,10-13H2,1H3. The molecule has 1 aliphatic rings. The average molecular weight is 280 g/mol. The zero-order valence-electron chi connectivity index (χ0n) is 12.3. The maximum Gasteiger partial charge on any atom is 0.231 e. The predicted octanol–water partition coefficient (Wildman–Crippen LogP) is 2.67. The van der Waals surface area contributed by atoms with E-state index in [0.29, 0.717) is 6.42 Å². The van der Waals surface area contributed by atoms with Gasteiger partial charge in [0.05, 0.1) is 6.42 Å². The Morgan fingerprint density at radius 1 is 1.14 bits per heavy atom. The number of amides is 1. The number of carbonyl (C=O) groups excluding carboxylic acids is 1.